The van der Waals surface area contributed by atoms with E-state index < -0.39 is 5.25 Å². The highest BCUT2D eigenvalue weighted by molar-refractivity contribution is 8.00. The Kier molecular flexibility index (Phi) is 6.08. The predicted octanol–water partition coefficient (Wildman–Crippen LogP) is 4.96. The fourth-order valence-corrected chi connectivity index (χ4v) is 4.56. The molecule has 1 amide bonds. The van der Waals surface area contributed by atoms with E-state index in [1.54, 1.807) is 7.11 Å². The third-order valence-corrected chi connectivity index (χ3v) is 6.42. The molecule has 0 unspecified atom stereocenters. The highest BCUT2D eigenvalue weighted by atomic mass is 32.2. The average molecular weight is 423 g/mol. The standard InChI is InChI=1S/C23H26N4O2S/c1-4-27-21(17-11-12-17)25-26-23(27)30-20(16-8-6-5-7-9-16)22(28)24-18-14-15(2)10-13-19(18)29-3/h5-10,13-14,17,20H,4,11-12H2,1-3H3,(H,24,28)/t20-/m0/s1. The zero-order valence-corrected chi connectivity index (χ0v) is 18.3. The molecule has 1 fully saturated rings. The lowest BCUT2D eigenvalue weighted by molar-refractivity contribution is -0.115. The van der Waals surface area contributed by atoms with Crippen LogP contribution in [0.3, 0.4) is 0 Å². The van der Waals surface area contributed by atoms with Gasteiger partial charge in [0.2, 0.25) is 5.91 Å². The first-order valence-corrected chi connectivity index (χ1v) is 11.1. The molecule has 6 nitrogen and oxygen atoms in total. The normalized spacial score (nSPS) is 14.4. The number of anilines is 1. The molecule has 4 rings (SSSR count). The van der Waals surface area contributed by atoms with Gasteiger partial charge in [0.25, 0.3) is 0 Å². The van der Waals surface area contributed by atoms with Crippen molar-refractivity contribution in [1.82, 2.24) is 14.8 Å². The Morgan fingerprint density at radius 1 is 1.23 bits per heavy atom. The number of hydrogen-bond acceptors (Lipinski definition) is 5. The topological polar surface area (TPSA) is 69.0 Å². The molecule has 30 heavy (non-hydrogen) atoms. The van der Waals surface area contributed by atoms with Gasteiger partial charge < -0.3 is 14.6 Å². The lowest BCUT2D eigenvalue weighted by atomic mass is 10.1. The molecular formula is C23H26N4O2S. The quantitative estimate of drug-likeness (QED) is 0.519. The van der Waals surface area contributed by atoms with E-state index >= 15 is 0 Å². The smallest absolute Gasteiger partial charge is 0.242 e. The van der Waals surface area contributed by atoms with Gasteiger partial charge in [-0.3, -0.25) is 4.79 Å². The van der Waals surface area contributed by atoms with Crippen LogP contribution in [0.5, 0.6) is 5.75 Å². The van der Waals surface area contributed by atoms with E-state index in [4.69, 9.17) is 4.74 Å². The van der Waals surface area contributed by atoms with E-state index in [9.17, 15) is 4.79 Å². The Morgan fingerprint density at radius 2 is 2.00 bits per heavy atom. The molecule has 1 saturated carbocycles. The molecule has 0 aliphatic heterocycles. The Labute approximate surface area is 181 Å². The van der Waals surface area contributed by atoms with Gasteiger partial charge in [0, 0.05) is 12.5 Å². The van der Waals surface area contributed by atoms with E-state index in [0.717, 1.165) is 28.7 Å². The van der Waals surface area contributed by atoms with Crippen LogP contribution in [0.25, 0.3) is 0 Å². The zero-order valence-electron chi connectivity index (χ0n) is 17.5. The van der Waals surface area contributed by atoms with Gasteiger partial charge in [-0.15, -0.1) is 10.2 Å². The highest BCUT2D eigenvalue weighted by Crippen LogP contribution is 2.42. The molecular weight excluding hydrogens is 396 g/mol. The molecule has 1 heterocycles. The van der Waals surface area contributed by atoms with Crippen molar-refractivity contribution in [2.75, 3.05) is 12.4 Å². The van der Waals surface area contributed by atoms with E-state index in [1.807, 2.05) is 55.5 Å². The second kappa shape index (κ2) is 8.92. The third kappa shape index (κ3) is 4.36. The number of rotatable bonds is 8. The monoisotopic (exact) mass is 422 g/mol. The summed E-state index contributed by atoms with van der Waals surface area (Å²) in [5, 5.41) is 12.2. The highest BCUT2D eigenvalue weighted by Gasteiger charge is 2.32. The number of benzene rings is 2. The van der Waals surface area contributed by atoms with Crippen LogP contribution in [0, 0.1) is 6.92 Å². The van der Waals surface area contributed by atoms with Crippen molar-refractivity contribution in [3.8, 4) is 5.75 Å². The molecule has 0 bridgehead atoms. The number of aromatic nitrogens is 3. The van der Waals surface area contributed by atoms with E-state index in [-0.39, 0.29) is 5.91 Å². The fourth-order valence-electron chi connectivity index (χ4n) is 3.45. The van der Waals surface area contributed by atoms with Crippen molar-refractivity contribution < 1.29 is 9.53 Å². The molecule has 1 aliphatic carbocycles. The Hall–Kier alpha value is -2.80. The summed E-state index contributed by atoms with van der Waals surface area (Å²) in [6.07, 6.45) is 2.33. The molecule has 0 radical (unpaired) electrons. The maximum atomic E-state index is 13.4. The molecule has 3 aromatic rings. The van der Waals surface area contributed by atoms with Crippen LogP contribution >= 0.6 is 11.8 Å². The molecule has 156 valence electrons. The molecule has 0 spiro atoms. The van der Waals surface area contributed by atoms with Crippen LogP contribution in [0.15, 0.2) is 53.7 Å². The lowest BCUT2D eigenvalue weighted by Crippen LogP contribution is -2.20. The van der Waals surface area contributed by atoms with Gasteiger partial charge >= 0.3 is 0 Å². The van der Waals surface area contributed by atoms with Crippen LogP contribution in [0.4, 0.5) is 5.69 Å². The first-order valence-electron chi connectivity index (χ1n) is 10.2. The van der Waals surface area contributed by atoms with Crippen molar-refractivity contribution in [3.63, 3.8) is 0 Å². The Morgan fingerprint density at radius 3 is 2.67 bits per heavy atom. The second-order valence-electron chi connectivity index (χ2n) is 7.46. The van der Waals surface area contributed by atoms with Gasteiger partial charge in [-0.2, -0.15) is 0 Å². The van der Waals surface area contributed by atoms with E-state index in [2.05, 4.69) is 27.0 Å². The maximum absolute atomic E-state index is 13.4. The largest absolute Gasteiger partial charge is 0.495 e. The first kappa shape index (κ1) is 20.5. The molecule has 7 heteroatoms. The molecule has 1 atom stereocenters. The number of carbonyl (C=O) groups is 1. The summed E-state index contributed by atoms with van der Waals surface area (Å²) >= 11 is 1.44. The number of methoxy groups -OCH3 is 1. The van der Waals surface area contributed by atoms with E-state index in [1.165, 1.54) is 24.6 Å². The lowest BCUT2D eigenvalue weighted by Gasteiger charge is -2.18. The molecule has 2 aromatic carbocycles. The summed E-state index contributed by atoms with van der Waals surface area (Å²) in [5.41, 5.74) is 2.64. The second-order valence-corrected chi connectivity index (χ2v) is 8.53. The summed E-state index contributed by atoms with van der Waals surface area (Å²) in [7, 11) is 1.60. The van der Waals surface area contributed by atoms with Crippen molar-refractivity contribution in [3.05, 3.63) is 65.5 Å². The number of thioether (sulfide) groups is 1. The fraction of sp³-hybridized carbons (Fsp3) is 0.348. The summed E-state index contributed by atoms with van der Waals surface area (Å²) in [6, 6.07) is 15.5. The Balaban J connectivity index is 1.64. The molecule has 1 aliphatic rings. The van der Waals surface area contributed by atoms with Crippen molar-refractivity contribution in [2.24, 2.45) is 0 Å². The minimum Gasteiger partial charge on any atom is -0.495 e. The van der Waals surface area contributed by atoms with Crippen molar-refractivity contribution >= 4 is 23.4 Å². The number of hydrogen-bond donors (Lipinski definition) is 1. The van der Waals surface area contributed by atoms with Gasteiger partial charge in [0.15, 0.2) is 5.16 Å². The van der Waals surface area contributed by atoms with Gasteiger partial charge in [0.05, 0.1) is 12.8 Å². The molecule has 1 N–H and O–H groups in total. The van der Waals surface area contributed by atoms with Crippen LogP contribution in [-0.2, 0) is 11.3 Å². The predicted molar refractivity (Wildman–Crippen MR) is 119 cm³/mol. The summed E-state index contributed by atoms with van der Waals surface area (Å²) < 4.78 is 7.57. The van der Waals surface area contributed by atoms with Gasteiger partial charge in [0.1, 0.15) is 16.8 Å². The van der Waals surface area contributed by atoms with Crippen molar-refractivity contribution in [1.29, 1.82) is 0 Å². The number of aryl methyl sites for hydroxylation is 1. The van der Waals surface area contributed by atoms with Crippen LogP contribution in [0.1, 0.15) is 47.9 Å². The Bertz CT molecular complexity index is 1030. The number of ether oxygens (including phenoxy) is 1. The number of amides is 1. The number of nitrogens with zero attached hydrogens (tertiary/aromatic N) is 3. The maximum Gasteiger partial charge on any atom is 0.242 e. The summed E-state index contributed by atoms with van der Waals surface area (Å²) in [6.45, 7) is 4.87. The van der Waals surface area contributed by atoms with Crippen LogP contribution in [0.2, 0.25) is 0 Å². The van der Waals surface area contributed by atoms with Gasteiger partial charge in [-0.25, -0.2) is 0 Å². The minimum atomic E-state index is -0.460. The van der Waals surface area contributed by atoms with Crippen LogP contribution in [-0.4, -0.2) is 27.8 Å². The van der Waals surface area contributed by atoms with E-state index in [0.29, 0.717) is 17.4 Å². The van der Waals surface area contributed by atoms with Crippen LogP contribution < -0.4 is 10.1 Å². The number of carbonyl (C=O) groups excluding carboxylic acids is 1. The summed E-state index contributed by atoms with van der Waals surface area (Å²) in [4.78, 5) is 13.4. The minimum absolute atomic E-state index is 0.117. The third-order valence-electron chi connectivity index (χ3n) is 5.18. The SMILES string of the molecule is CCn1c(S[C@H](C(=O)Nc2cc(C)ccc2OC)c2ccccc2)nnc1C1CC1. The number of nitrogens with one attached hydrogen (secondary N) is 1. The zero-order chi connectivity index (χ0) is 21.1. The van der Waals surface area contributed by atoms with Crippen molar-refractivity contribution in [2.45, 2.75) is 49.6 Å². The van der Waals surface area contributed by atoms with Gasteiger partial charge in [-0.1, -0.05) is 48.2 Å². The molecule has 1 aromatic heterocycles. The average Bonchev–Trinajstić information content (AvgIpc) is 3.52. The van der Waals surface area contributed by atoms with Gasteiger partial charge in [-0.05, 0) is 49.9 Å². The molecule has 0 saturated heterocycles. The summed E-state index contributed by atoms with van der Waals surface area (Å²) in [5.74, 6) is 2.06. The first-order chi connectivity index (χ1) is 14.6.